The van der Waals surface area contributed by atoms with E-state index < -0.39 is 4.93 Å². The largest absolute Gasteiger partial charge is 0.439 e. The van der Waals surface area contributed by atoms with Crippen LogP contribution in [0.3, 0.4) is 0 Å². The summed E-state index contributed by atoms with van der Waals surface area (Å²) in [7, 11) is 0. The minimum atomic E-state index is -0.999. The van der Waals surface area contributed by atoms with Crippen LogP contribution >= 0.6 is 11.8 Å². The molecule has 0 bridgehead atoms. The molecule has 0 radical (unpaired) electrons. The van der Waals surface area contributed by atoms with Gasteiger partial charge in [-0.05, 0) is 25.0 Å². The zero-order valence-corrected chi connectivity index (χ0v) is 13.1. The second-order valence-electron chi connectivity index (χ2n) is 6.07. The summed E-state index contributed by atoms with van der Waals surface area (Å²) in [6.07, 6.45) is 5.96. The summed E-state index contributed by atoms with van der Waals surface area (Å²) in [4.78, 5) is 24.1. The number of thioether (sulfide) groups is 1. The van der Waals surface area contributed by atoms with Gasteiger partial charge >= 0.3 is 5.97 Å². The molecule has 0 aromatic heterocycles. The van der Waals surface area contributed by atoms with E-state index in [1.54, 1.807) is 0 Å². The summed E-state index contributed by atoms with van der Waals surface area (Å²) in [6, 6.07) is 9.78. The highest BCUT2D eigenvalue weighted by Gasteiger charge is 2.68. The number of hydrogen-bond donors (Lipinski definition) is 0. The number of ether oxygens (including phenoxy) is 1. The van der Waals surface area contributed by atoms with Gasteiger partial charge in [-0.25, -0.2) is 0 Å². The normalized spacial score (nSPS) is 27.2. The Labute approximate surface area is 129 Å². The maximum absolute atomic E-state index is 12.5. The first-order valence-corrected chi connectivity index (χ1v) is 8.37. The summed E-state index contributed by atoms with van der Waals surface area (Å²) in [5, 5.41) is 0. The van der Waals surface area contributed by atoms with Crippen molar-refractivity contribution >= 4 is 23.5 Å². The quantitative estimate of drug-likeness (QED) is 0.626. The van der Waals surface area contributed by atoms with Gasteiger partial charge in [0, 0.05) is 23.7 Å². The van der Waals surface area contributed by atoms with E-state index in [9.17, 15) is 9.59 Å². The molecule has 21 heavy (non-hydrogen) atoms. The molecule has 1 aromatic rings. The Kier molecular flexibility index (Phi) is 3.82. The standard InChI is InChI=1S/C17H20O3S/c1-13(18)20-17(21-14-8-4-2-5-9-14)15(19)12-16(17)10-6-3-7-11-16/h2,4-5,8-9H,3,6-7,10-12H2,1H3. The molecule has 1 atom stereocenters. The molecule has 2 aliphatic carbocycles. The van der Waals surface area contributed by atoms with Crippen molar-refractivity contribution in [1.82, 2.24) is 0 Å². The number of carbonyl (C=O) groups excluding carboxylic acids is 2. The molecule has 0 amide bonds. The predicted molar refractivity (Wildman–Crippen MR) is 81.9 cm³/mol. The maximum atomic E-state index is 12.5. The number of benzene rings is 1. The zero-order valence-electron chi connectivity index (χ0n) is 12.3. The van der Waals surface area contributed by atoms with Gasteiger partial charge in [-0.2, -0.15) is 0 Å². The monoisotopic (exact) mass is 304 g/mol. The van der Waals surface area contributed by atoms with Crippen molar-refractivity contribution < 1.29 is 14.3 Å². The van der Waals surface area contributed by atoms with E-state index in [-0.39, 0.29) is 17.2 Å². The first kappa shape index (κ1) is 14.6. The Hall–Kier alpha value is -1.29. The third kappa shape index (κ3) is 2.39. The van der Waals surface area contributed by atoms with E-state index >= 15 is 0 Å². The van der Waals surface area contributed by atoms with E-state index in [2.05, 4.69) is 0 Å². The Morgan fingerprint density at radius 3 is 2.38 bits per heavy atom. The lowest BCUT2D eigenvalue weighted by Gasteiger charge is -2.57. The lowest BCUT2D eigenvalue weighted by molar-refractivity contribution is -0.188. The Morgan fingerprint density at radius 2 is 1.81 bits per heavy atom. The third-order valence-corrected chi connectivity index (χ3v) is 6.21. The molecule has 2 aliphatic rings. The van der Waals surface area contributed by atoms with Gasteiger partial charge in [0.25, 0.3) is 0 Å². The fraction of sp³-hybridized carbons (Fsp3) is 0.529. The lowest BCUT2D eigenvalue weighted by atomic mass is 9.57. The van der Waals surface area contributed by atoms with E-state index in [1.807, 2.05) is 30.3 Å². The lowest BCUT2D eigenvalue weighted by Crippen LogP contribution is -2.65. The topological polar surface area (TPSA) is 43.4 Å². The van der Waals surface area contributed by atoms with Crippen LogP contribution in [0, 0.1) is 5.41 Å². The first-order valence-electron chi connectivity index (χ1n) is 7.55. The maximum Gasteiger partial charge on any atom is 0.304 e. The number of ketones is 1. The second-order valence-corrected chi connectivity index (χ2v) is 7.32. The highest BCUT2D eigenvalue weighted by Crippen LogP contribution is 2.64. The van der Waals surface area contributed by atoms with Crippen LogP contribution in [0.15, 0.2) is 35.2 Å². The Bertz CT molecular complexity index is 548. The molecular formula is C17H20O3S. The van der Waals surface area contributed by atoms with Crippen molar-refractivity contribution in [2.75, 3.05) is 0 Å². The van der Waals surface area contributed by atoms with Gasteiger partial charge in [0.15, 0.2) is 5.78 Å². The van der Waals surface area contributed by atoms with Gasteiger partial charge < -0.3 is 4.74 Å². The SMILES string of the molecule is CC(=O)OC1(Sc2ccccc2)C(=O)CC12CCCCC2. The molecule has 0 heterocycles. The summed E-state index contributed by atoms with van der Waals surface area (Å²) < 4.78 is 5.66. The average Bonchev–Trinajstić information content (AvgIpc) is 2.48. The number of Topliss-reactive ketones (excluding diaryl/α,β-unsaturated/α-hetero) is 1. The molecule has 3 rings (SSSR count). The summed E-state index contributed by atoms with van der Waals surface area (Å²) in [5.41, 5.74) is -0.158. The molecular weight excluding hydrogens is 284 g/mol. The van der Waals surface area contributed by atoms with E-state index in [0.29, 0.717) is 6.42 Å². The van der Waals surface area contributed by atoms with Crippen molar-refractivity contribution in [2.45, 2.75) is 55.3 Å². The molecule has 4 heteroatoms. The highest BCUT2D eigenvalue weighted by molar-refractivity contribution is 8.01. The number of esters is 1. The van der Waals surface area contributed by atoms with Crippen LogP contribution in [0.4, 0.5) is 0 Å². The van der Waals surface area contributed by atoms with Crippen LogP contribution in [0.5, 0.6) is 0 Å². The van der Waals surface area contributed by atoms with E-state index in [1.165, 1.54) is 25.1 Å². The predicted octanol–water partition coefficient (Wildman–Crippen LogP) is 3.96. The summed E-state index contributed by atoms with van der Waals surface area (Å²) in [6.45, 7) is 1.40. The molecule has 0 N–H and O–H groups in total. The molecule has 3 nitrogen and oxygen atoms in total. The molecule has 112 valence electrons. The van der Waals surface area contributed by atoms with Crippen molar-refractivity contribution in [2.24, 2.45) is 5.41 Å². The highest BCUT2D eigenvalue weighted by atomic mass is 32.2. The summed E-state index contributed by atoms with van der Waals surface area (Å²) >= 11 is 1.43. The Balaban J connectivity index is 1.95. The van der Waals surface area contributed by atoms with Gasteiger partial charge in [-0.3, -0.25) is 9.59 Å². The van der Waals surface area contributed by atoms with Crippen molar-refractivity contribution in [3.05, 3.63) is 30.3 Å². The van der Waals surface area contributed by atoms with Gasteiger partial charge in [-0.15, -0.1) is 0 Å². The fourth-order valence-corrected chi connectivity index (χ4v) is 5.13. The van der Waals surface area contributed by atoms with E-state index in [0.717, 1.165) is 30.6 Å². The van der Waals surface area contributed by atoms with Gasteiger partial charge in [-0.1, -0.05) is 49.2 Å². The van der Waals surface area contributed by atoms with Crippen LogP contribution in [-0.2, 0) is 14.3 Å². The minimum absolute atomic E-state index is 0.0634. The smallest absolute Gasteiger partial charge is 0.304 e. The first-order chi connectivity index (χ1) is 10.1. The summed E-state index contributed by atoms with van der Waals surface area (Å²) in [5.74, 6) is -0.301. The van der Waals surface area contributed by atoms with Crippen LogP contribution < -0.4 is 0 Å². The van der Waals surface area contributed by atoms with Crippen molar-refractivity contribution in [3.8, 4) is 0 Å². The molecule has 0 saturated heterocycles. The molecule has 0 aliphatic heterocycles. The number of rotatable bonds is 3. The van der Waals surface area contributed by atoms with Gasteiger partial charge in [0.2, 0.25) is 4.93 Å². The van der Waals surface area contributed by atoms with Gasteiger partial charge in [0.1, 0.15) is 0 Å². The Morgan fingerprint density at radius 1 is 1.14 bits per heavy atom. The van der Waals surface area contributed by atoms with Crippen molar-refractivity contribution in [3.63, 3.8) is 0 Å². The molecule has 1 spiro atoms. The minimum Gasteiger partial charge on any atom is -0.439 e. The van der Waals surface area contributed by atoms with Crippen LogP contribution in [0.25, 0.3) is 0 Å². The zero-order chi connectivity index (χ0) is 14.9. The molecule has 1 unspecified atom stereocenters. The van der Waals surface area contributed by atoms with Crippen LogP contribution in [-0.4, -0.2) is 16.7 Å². The number of hydrogen-bond acceptors (Lipinski definition) is 4. The molecule has 1 aromatic carbocycles. The second kappa shape index (κ2) is 5.48. The van der Waals surface area contributed by atoms with E-state index in [4.69, 9.17) is 4.74 Å². The third-order valence-electron chi connectivity index (χ3n) is 4.67. The van der Waals surface area contributed by atoms with Crippen LogP contribution in [0.1, 0.15) is 45.4 Å². The molecule has 2 fully saturated rings. The molecule has 2 saturated carbocycles. The fourth-order valence-electron chi connectivity index (χ4n) is 3.67. The van der Waals surface area contributed by atoms with Crippen LogP contribution in [0.2, 0.25) is 0 Å². The van der Waals surface area contributed by atoms with Crippen molar-refractivity contribution in [1.29, 1.82) is 0 Å². The van der Waals surface area contributed by atoms with Gasteiger partial charge in [0.05, 0.1) is 0 Å². The average molecular weight is 304 g/mol. The number of carbonyl (C=O) groups is 2.